The number of nitrogens with zero attached hydrogens (tertiary/aromatic N) is 3. The van der Waals surface area contributed by atoms with Crippen molar-refractivity contribution in [3.8, 4) is 0 Å². The lowest BCUT2D eigenvalue weighted by Crippen LogP contribution is -2.50. The first-order valence-corrected chi connectivity index (χ1v) is 6.61. The zero-order valence-electron chi connectivity index (χ0n) is 10.2. The van der Waals surface area contributed by atoms with Crippen LogP contribution in [-0.4, -0.2) is 47.7 Å². The van der Waals surface area contributed by atoms with Crippen LogP contribution in [0.2, 0.25) is 0 Å². The largest absolute Gasteiger partial charge is 0.392 e. The number of halogens is 1. The number of aliphatic hydroxyl groups is 1. The Hall–Kier alpha value is -0.650. The van der Waals surface area contributed by atoms with Crippen LogP contribution in [0.25, 0.3) is 0 Å². The molecule has 0 radical (unpaired) electrons. The standard InChI is InChI=1S/C12H18BrN3O/c1-9-7-16(4-3-15(9)2)12-10(8-17)5-11(13)6-14-12/h5-6,9,17H,3-4,7-8H2,1-2H3. The first kappa shape index (κ1) is 12.8. The average Bonchev–Trinajstić information content (AvgIpc) is 2.32. The smallest absolute Gasteiger partial charge is 0.134 e. The third kappa shape index (κ3) is 2.78. The Labute approximate surface area is 110 Å². The summed E-state index contributed by atoms with van der Waals surface area (Å²) in [6.45, 7) is 5.19. The van der Waals surface area contributed by atoms with Crippen molar-refractivity contribution in [2.24, 2.45) is 0 Å². The number of hydrogen-bond donors (Lipinski definition) is 1. The van der Waals surface area contributed by atoms with E-state index in [0.29, 0.717) is 6.04 Å². The van der Waals surface area contributed by atoms with Crippen molar-refractivity contribution in [1.82, 2.24) is 9.88 Å². The van der Waals surface area contributed by atoms with Crippen LogP contribution in [0.4, 0.5) is 5.82 Å². The summed E-state index contributed by atoms with van der Waals surface area (Å²) in [5.41, 5.74) is 0.885. The van der Waals surface area contributed by atoms with Gasteiger partial charge in [-0.05, 0) is 36.0 Å². The topological polar surface area (TPSA) is 39.6 Å². The van der Waals surface area contributed by atoms with E-state index in [1.165, 1.54) is 0 Å². The van der Waals surface area contributed by atoms with E-state index < -0.39 is 0 Å². The number of rotatable bonds is 2. The van der Waals surface area contributed by atoms with Gasteiger partial charge in [0, 0.05) is 41.9 Å². The van der Waals surface area contributed by atoms with Gasteiger partial charge in [-0.15, -0.1) is 0 Å². The second-order valence-electron chi connectivity index (χ2n) is 4.57. The Morgan fingerprint density at radius 2 is 2.29 bits per heavy atom. The molecule has 2 rings (SSSR count). The molecule has 1 aromatic rings. The van der Waals surface area contributed by atoms with Crippen molar-refractivity contribution < 1.29 is 5.11 Å². The Morgan fingerprint density at radius 3 is 2.94 bits per heavy atom. The molecule has 4 nitrogen and oxygen atoms in total. The van der Waals surface area contributed by atoms with Crippen LogP contribution in [0.1, 0.15) is 12.5 Å². The molecule has 0 aromatic carbocycles. The van der Waals surface area contributed by atoms with Crippen molar-refractivity contribution in [1.29, 1.82) is 0 Å². The van der Waals surface area contributed by atoms with Gasteiger partial charge < -0.3 is 14.9 Å². The van der Waals surface area contributed by atoms with Crippen molar-refractivity contribution in [3.05, 3.63) is 22.3 Å². The lowest BCUT2D eigenvalue weighted by molar-refractivity contribution is 0.232. The molecule has 0 amide bonds. The summed E-state index contributed by atoms with van der Waals surface area (Å²) in [5.74, 6) is 0.913. The summed E-state index contributed by atoms with van der Waals surface area (Å²) in [7, 11) is 2.14. The number of hydrogen-bond acceptors (Lipinski definition) is 4. The van der Waals surface area contributed by atoms with Gasteiger partial charge in [0.15, 0.2) is 0 Å². The Kier molecular flexibility index (Phi) is 4.01. The molecule has 1 unspecified atom stereocenters. The number of pyridine rings is 1. The molecular weight excluding hydrogens is 282 g/mol. The van der Waals surface area contributed by atoms with E-state index in [-0.39, 0.29) is 6.61 Å². The zero-order chi connectivity index (χ0) is 12.4. The highest BCUT2D eigenvalue weighted by Gasteiger charge is 2.23. The highest BCUT2D eigenvalue weighted by molar-refractivity contribution is 9.10. The third-order valence-electron chi connectivity index (χ3n) is 3.34. The monoisotopic (exact) mass is 299 g/mol. The summed E-state index contributed by atoms with van der Waals surface area (Å²) < 4.78 is 0.910. The maximum Gasteiger partial charge on any atom is 0.134 e. The van der Waals surface area contributed by atoms with Gasteiger partial charge in [0.05, 0.1) is 6.61 Å². The van der Waals surface area contributed by atoms with E-state index in [1.807, 2.05) is 6.07 Å². The van der Waals surface area contributed by atoms with Crippen LogP contribution in [0.15, 0.2) is 16.7 Å². The molecule has 1 saturated heterocycles. The van der Waals surface area contributed by atoms with Crippen LogP contribution in [-0.2, 0) is 6.61 Å². The Balaban J connectivity index is 2.22. The summed E-state index contributed by atoms with van der Waals surface area (Å²) >= 11 is 3.38. The van der Waals surface area contributed by atoms with Crippen LogP contribution in [0.3, 0.4) is 0 Å². The maximum atomic E-state index is 9.39. The molecule has 1 aliphatic rings. The lowest BCUT2D eigenvalue weighted by atomic mass is 10.1. The predicted octanol–water partition coefficient (Wildman–Crippen LogP) is 1.48. The number of aromatic nitrogens is 1. The third-order valence-corrected chi connectivity index (χ3v) is 3.77. The van der Waals surface area contributed by atoms with Crippen molar-refractivity contribution in [3.63, 3.8) is 0 Å². The van der Waals surface area contributed by atoms with Crippen molar-refractivity contribution >= 4 is 21.7 Å². The van der Waals surface area contributed by atoms with Crippen LogP contribution >= 0.6 is 15.9 Å². The van der Waals surface area contributed by atoms with Gasteiger partial charge in [0.25, 0.3) is 0 Å². The number of anilines is 1. The normalized spacial score (nSPS) is 21.9. The van der Waals surface area contributed by atoms with Crippen LogP contribution in [0.5, 0.6) is 0 Å². The summed E-state index contributed by atoms with van der Waals surface area (Å²) in [5, 5.41) is 9.39. The minimum absolute atomic E-state index is 0.0303. The second kappa shape index (κ2) is 5.33. The predicted molar refractivity (Wildman–Crippen MR) is 72.2 cm³/mol. The molecule has 5 heteroatoms. The van der Waals surface area contributed by atoms with Crippen molar-refractivity contribution in [2.75, 3.05) is 31.6 Å². The number of aliphatic hydroxyl groups excluding tert-OH is 1. The molecule has 0 spiro atoms. The summed E-state index contributed by atoms with van der Waals surface area (Å²) in [6.07, 6.45) is 1.79. The van der Waals surface area contributed by atoms with E-state index in [0.717, 1.165) is 35.5 Å². The molecule has 0 bridgehead atoms. The van der Waals surface area contributed by atoms with Gasteiger partial charge in [0.1, 0.15) is 5.82 Å². The highest BCUT2D eigenvalue weighted by atomic mass is 79.9. The van der Waals surface area contributed by atoms with E-state index in [1.54, 1.807) is 6.20 Å². The highest BCUT2D eigenvalue weighted by Crippen LogP contribution is 2.23. The van der Waals surface area contributed by atoms with Crippen LogP contribution in [0, 0.1) is 0 Å². The fraction of sp³-hybridized carbons (Fsp3) is 0.583. The minimum atomic E-state index is 0.0303. The first-order valence-electron chi connectivity index (χ1n) is 5.82. The molecule has 1 aromatic heterocycles. The number of piperazine rings is 1. The van der Waals surface area contributed by atoms with E-state index in [9.17, 15) is 5.11 Å². The molecule has 94 valence electrons. The minimum Gasteiger partial charge on any atom is -0.392 e. The summed E-state index contributed by atoms with van der Waals surface area (Å²) in [6, 6.07) is 2.45. The molecule has 17 heavy (non-hydrogen) atoms. The Morgan fingerprint density at radius 1 is 1.53 bits per heavy atom. The molecule has 0 aliphatic carbocycles. The number of likely N-dealkylation sites (N-methyl/N-ethyl adjacent to an activating group) is 1. The van der Waals surface area contributed by atoms with E-state index in [4.69, 9.17) is 0 Å². The van der Waals surface area contributed by atoms with Crippen LogP contribution < -0.4 is 4.90 Å². The van der Waals surface area contributed by atoms with Gasteiger partial charge in [-0.1, -0.05) is 0 Å². The van der Waals surface area contributed by atoms with Crippen molar-refractivity contribution in [2.45, 2.75) is 19.6 Å². The molecule has 1 atom stereocenters. The van der Waals surface area contributed by atoms with Gasteiger partial charge in [-0.3, -0.25) is 0 Å². The van der Waals surface area contributed by atoms with Gasteiger partial charge in [0.2, 0.25) is 0 Å². The van der Waals surface area contributed by atoms with E-state index >= 15 is 0 Å². The molecule has 2 heterocycles. The van der Waals surface area contributed by atoms with Gasteiger partial charge >= 0.3 is 0 Å². The molecular formula is C12H18BrN3O. The molecule has 1 N–H and O–H groups in total. The zero-order valence-corrected chi connectivity index (χ0v) is 11.8. The second-order valence-corrected chi connectivity index (χ2v) is 5.49. The fourth-order valence-electron chi connectivity index (χ4n) is 2.12. The summed E-state index contributed by atoms with van der Waals surface area (Å²) in [4.78, 5) is 9.03. The van der Waals surface area contributed by atoms with Gasteiger partial charge in [-0.25, -0.2) is 4.98 Å². The average molecular weight is 300 g/mol. The Bertz CT molecular complexity index is 399. The molecule has 0 saturated carbocycles. The quantitative estimate of drug-likeness (QED) is 0.898. The molecule has 1 aliphatic heterocycles. The molecule has 1 fully saturated rings. The SMILES string of the molecule is CC1CN(c2ncc(Br)cc2CO)CCN1C. The fourth-order valence-corrected chi connectivity index (χ4v) is 2.49. The van der Waals surface area contributed by atoms with E-state index in [2.05, 4.69) is 44.7 Å². The van der Waals surface area contributed by atoms with Gasteiger partial charge in [-0.2, -0.15) is 0 Å². The lowest BCUT2D eigenvalue weighted by Gasteiger charge is -2.38. The first-order chi connectivity index (χ1) is 8.11. The maximum absolute atomic E-state index is 9.39.